The van der Waals surface area contributed by atoms with E-state index in [1.807, 2.05) is 31.2 Å². The SMILES string of the molecule is CCN(Cc1nc2cc(OC)c(OC)cc2c(=O)[nH]1)C(=O)c1c[nH]c2ccccc12. The Hall–Kier alpha value is -3.81. The number of carbonyl (C=O) groups excluding carboxylic acids is 1. The van der Waals surface area contributed by atoms with E-state index >= 15 is 0 Å². The zero-order chi connectivity index (χ0) is 21.3. The second-order valence-electron chi connectivity index (χ2n) is 6.80. The zero-order valence-electron chi connectivity index (χ0n) is 17.0. The summed E-state index contributed by atoms with van der Waals surface area (Å²) in [5, 5.41) is 1.25. The van der Waals surface area contributed by atoms with Crippen LogP contribution in [0.4, 0.5) is 0 Å². The molecule has 0 fully saturated rings. The van der Waals surface area contributed by atoms with Crippen molar-refractivity contribution in [3.63, 3.8) is 0 Å². The van der Waals surface area contributed by atoms with Crippen LogP contribution in [-0.2, 0) is 6.54 Å². The summed E-state index contributed by atoms with van der Waals surface area (Å²) < 4.78 is 10.6. The summed E-state index contributed by atoms with van der Waals surface area (Å²) in [5.41, 5.74) is 1.66. The molecule has 0 aliphatic carbocycles. The Morgan fingerprint density at radius 1 is 1.10 bits per heavy atom. The fourth-order valence-corrected chi connectivity index (χ4v) is 3.52. The quantitative estimate of drug-likeness (QED) is 0.513. The molecule has 30 heavy (non-hydrogen) atoms. The molecule has 2 aromatic carbocycles. The maximum absolute atomic E-state index is 13.1. The van der Waals surface area contributed by atoms with Gasteiger partial charge in [-0.1, -0.05) is 18.2 Å². The van der Waals surface area contributed by atoms with E-state index < -0.39 is 0 Å². The van der Waals surface area contributed by atoms with E-state index in [4.69, 9.17) is 9.47 Å². The van der Waals surface area contributed by atoms with Crippen LogP contribution in [0.15, 0.2) is 47.4 Å². The highest BCUT2D eigenvalue weighted by Gasteiger charge is 2.20. The summed E-state index contributed by atoms with van der Waals surface area (Å²) in [6.45, 7) is 2.53. The summed E-state index contributed by atoms with van der Waals surface area (Å²) in [4.78, 5) is 37.8. The van der Waals surface area contributed by atoms with Crippen LogP contribution in [0.3, 0.4) is 0 Å². The Kier molecular flexibility index (Phi) is 5.14. The fourth-order valence-electron chi connectivity index (χ4n) is 3.52. The van der Waals surface area contributed by atoms with Crippen LogP contribution in [-0.4, -0.2) is 46.5 Å². The van der Waals surface area contributed by atoms with Crippen molar-refractivity contribution in [2.75, 3.05) is 20.8 Å². The maximum Gasteiger partial charge on any atom is 0.258 e. The predicted molar refractivity (Wildman–Crippen MR) is 114 cm³/mol. The van der Waals surface area contributed by atoms with Crippen molar-refractivity contribution < 1.29 is 14.3 Å². The molecule has 1 amide bonds. The van der Waals surface area contributed by atoms with Gasteiger partial charge in [0.1, 0.15) is 5.82 Å². The third kappa shape index (κ3) is 3.36. The number of ether oxygens (including phenoxy) is 2. The van der Waals surface area contributed by atoms with Crippen molar-refractivity contribution in [3.05, 3.63) is 64.3 Å². The van der Waals surface area contributed by atoms with Gasteiger partial charge in [0.15, 0.2) is 11.5 Å². The molecule has 0 bridgehead atoms. The Balaban J connectivity index is 1.69. The van der Waals surface area contributed by atoms with Crippen LogP contribution in [0.1, 0.15) is 23.1 Å². The van der Waals surface area contributed by atoms with E-state index in [1.165, 1.54) is 14.2 Å². The Morgan fingerprint density at radius 3 is 2.57 bits per heavy atom. The van der Waals surface area contributed by atoms with E-state index in [1.54, 1.807) is 23.2 Å². The number of aromatic amines is 2. The summed E-state index contributed by atoms with van der Waals surface area (Å²) in [5.74, 6) is 1.20. The summed E-state index contributed by atoms with van der Waals surface area (Å²) in [6, 6.07) is 10.9. The summed E-state index contributed by atoms with van der Waals surface area (Å²) >= 11 is 0. The van der Waals surface area contributed by atoms with Crippen molar-refractivity contribution in [1.29, 1.82) is 0 Å². The van der Waals surface area contributed by atoms with E-state index in [0.717, 1.165) is 10.9 Å². The van der Waals surface area contributed by atoms with Gasteiger partial charge in [-0.15, -0.1) is 0 Å². The normalized spacial score (nSPS) is 11.0. The molecule has 2 N–H and O–H groups in total. The molecule has 8 heteroatoms. The highest BCUT2D eigenvalue weighted by Crippen LogP contribution is 2.30. The van der Waals surface area contributed by atoms with Crippen molar-refractivity contribution in [2.24, 2.45) is 0 Å². The minimum Gasteiger partial charge on any atom is -0.493 e. The molecule has 154 valence electrons. The number of carbonyl (C=O) groups is 1. The number of fused-ring (bicyclic) bond motifs is 2. The van der Waals surface area contributed by atoms with Gasteiger partial charge in [0, 0.05) is 29.7 Å². The standard InChI is InChI=1S/C22H22N4O4/c1-4-26(22(28)15-11-23-16-8-6-5-7-13(15)16)12-20-24-17-10-19(30-3)18(29-2)9-14(17)21(27)25-20/h5-11,23H,4,12H2,1-3H3,(H,24,25,27). The Bertz CT molecular complexity index is 1290. The lowest BCUT2D eigenvalue weighted by Gasteiger charge is -2.20. The average molecular weight is 406 g/mol. The number of H-pyrrole nitrogens is 2. The van der Waals surface area contributed by atoms with Crippen molar-refractivity contribution in [1.82, 2.24) is 19.9 Å². The van der Waals surface area contributed by atoms with Crippen LogP contribution < -0.4 is 15.0 Å². The molecule has 0 spiro atoms. The van der Waals surface area contributed by atoms with Gasteiger partial charge in [-0.3, -0.25) is 9.59 Å². The van der Waals surface area contributed by atoms with Gasteiger partial charge < -0.3 is 24.3 Å². The molecule has 8 nitrogen and oxygen atoms in total. The first kappa shape index (κ1) is 19.5. The average Bonchev–Trinajstić information content (AvgIpc) is 3.20. The number of nitrogens with zero attached hydrogens (tertiary/aromatic N) is 2. The van der Waals surface area contributed by atoms with Crippen LogP contribution in [0.25, 0.3) is 21.8 Å². The molecule has 4 rings (SSSR count). The first-order valence-corrected chi connectivity index (χ1v) is 9.56. The number of amides is 1. The Morgan fingerprint density at radius 2 is 1.83 bits per heavy atom. The van der Waals surface area contributed by atoms with E-state index in [-0.39, 0.29) is 18.0 Å². The minimum atomic E-state index is -0.299. The maximum atomic E-state index is 13.1. The van der Waals surface area contributed by atoms with Crippen LogP contribution in [0.2, 0.25) is 0 Å². The van der Waals surface area contributed by atoms with Gasteiger partial charge in [0.2, 0.25) is 0 Å². The summed E-state index contributed by atoms with van der Waals surface area (Å²) in [7, 11) is 3.03. The van der Waals surface area contributed by atoms with Crippen molar-refractivity contribution in [3.8, 4) is 11.5 Å². The monoisotopic (exact) mass is 406 g/mol. The van der Waals surface area contributed by atoms with Gasteiger partial charge in [-0.2, -0.15) is 0 Å². The molecule has 0 aliphatic rings. The molecule has 2 heterocycles. The fraction of sp³-hybridized carbons (Fsp3) is 0.227. The van der Waals surface area contributed by atoms with Crippen molar-refractivity contribution >= 4 is 27.7 Å². The van der Waals surface area contributed by atoms with Gasteiger partial charge >= 0.3 is 0 Å². The first-order chi connectivity index (χ1) is 14.5. The van der Waals surface area contributed by atoms with Gasteiger partial charge in [0.05, 0.1) is 37.2 Å². The molecule has 0 saturated carbocycles. The van der Waals surface area contributed by atoms with Crippen LogP contribution in [0.5, 0.6) is 11.5 Å². The molecule has 0 saturated heterocycles. The van der Waals surface area contributed by atoms with Gasteiger partial charge in [-0.05, 0) is 19.1 Å². The number of nitrogens with one attached hydrogen (secondary N) is 2. The molecule has 0 aliphatic heterocycles. The highest BCUT2D eigenvalue weighted by molar-refractivity contribution is 6.06. The lowest BCUT2D eigenvalue weighted by atomic mass is 10.1. The zero-order valence-corrected chi connectivity index (χ0v) is 17.0. The number of para-hydroxylation sites is 1. The predicted octanol–water partition coefficient (Wildman–Crippen LogP) is 3.08. The molecule has 0 unspecified atom stereocenters. The summed E-state index contributed by atoms with van der Waals surface area (Å²) in [6.07, 6.45) is 1.71. The topological polar surface area (TPSA) is 100 Å². The number of rotatable bonds is 6. The van der Waals surface area contributed by atoms with Gasteiger partial charge in [0.25, 0.3) is 11.5 Å². The molecule has 2 aromatic heterocycles. The van der Waals surface area contributed by atoms with Crippen molar-refractivity contribution in [2.45, 2.75) is 13.5 Å². The van der Waals surface area contributed by atoms with E-state index in [0.29, 0.717) is 40.3 Å². The van der Waals surface area contributed by atoms with Crippen LogP contribution in [0, 0.1) is 0 Å². The lowest BCUT2D eigenvalue weighted by Crippen LogP contribution is -2.31. The smallest absolute Gasteiger partial charge is 0.258 e. The highest BCUT2D eigenvalue weighted by atomic mass is 16.5. The number of benzene rings is 2. The molecular weight excluding hydrogens is 384 g/mol. The van der Waals surface area contributed by atoms with Crippen LogP contribution >= 0.6 is 0 Å². The number of aromatic nitrogens is 3. The molecular formula is C22H22N4O4. The number of hydrogen-bond donors (Lipinski definition) is 2. The Labute approximate surface area is 172 Å². The third-order valence-corrected chi connectivity index (χ3v) is 5.09. The molecule has 0 radical (unpaired) electrons. The largest absolute Gasteiger partial charge is 0.493 e. The second kappa shape index (κ2) is 7.90. The van der Waals surface area contributed by atoms with E-state index in [2.05, 4.69) is 15.0 Å². The molecule has 0 atom stereocenters. The third-order valence-electron chi connectivity index (χ3n) is 5.09. The van der Waals surface area contributed by atoms with Gasteiger partial charge in [-0.25, -0.2) is 4.98 Å². The lowest BCUT2D eigenvalue weighted by molar-refractivity contribution is 0.0750. The minimum absolute atomic E-state index is 0.134. The number of hydrogen-bond acceptors (Lipinski definition) is 5. The second-order valence-corrected chi connectivity index (χ2v) is 6.80. The molecule has 4 aromatic rings. The first-order valence-electron chi connectivity index (χ1n) is 9.56. The number of methoxy groups -OCH3 is 2. The van der Waals surface area contributed by atoms with E-state index in [9.17, 15) is 9.59 Å².